The summed E-state index contributed by atoms with van der Waals surface area (Å²) < 4.78 is 8.76. The zero-order chi connectivity index (χ0) is 50.8. The molecule has 2 aliphatic rings. The van der Waals surface area contributed by atoms with Crippen LogP contribution in [0.15, 0.2) is 94.3 Å². The number of benzene rings is 4. The monoisotopic (exact) mass is 967 g/mol. The number of nitrogens with one attached hydrogen (secondary N) is 6. The molecule has 1 atom stereocenters. The number of fused-ring (bicyclic) bond motifs is 3. The van der Waals surface area contributed by atoms with Crippen molar-refractivity contribution in [3.05, 3.63) is 118 Å². The largest absolute Gasteiger partial charge is 0.480 e. The van der Waals surface area contributed by atoms with Crippen molar-refractivity contribution in [2.75, 3.05) is 60.5 Å². The lowest BCUT2D eigenvalue weighted by atomic mass is 9.90. The quantitative estimate of drug-likeness (QED) is 0.0285. The van der Waals surface area contributed by atoms with Crippen LogP contribution in [0.1, 0.15) is 66.9 Å². The summed E-state index contributed by atoms with van der Waals surface area (Å²) in [5.41, 5.74) is 10.00. The van der Waals surface area contributed by atoms with E-state index in [1.54, 1.807) is 24.3 Å². The number of aromatic carboxylic acids is 1. The summed E-state index contributed by atoms with van der Waals surface area (Å²) in [6.45, 7) is 11.7. The average molecular weight is 968 g/mol. The SMILES string of the molecule is CCN(CC)c1ccc2c(-c3ccc(NC(=O)NCCNC(=O)CC[C@H](NC(=O)c4ccc(NCc5cnc6nc(N)[nH]c(=O)c6n5)cc4)C(=O)O)cc3C(=O)O)c3ccc(=[N+](CC)CC)cc-3oc2c1. The van der Waals surface area contributed by atoms with E-state index in [-0.39, 0.29) is 66.4 Å². The lowest BCUT2D eigenvalue weighted by Gasteiger charge is -2.22. The molecule has 0 saturated heterocycles. The van der Waals surface area contributed by atoms with Gasteiger partial charge in [-0.15, -0.1) is 0 Å². The highest BCUT2D eigenvalue weighted by Crippen LogP contribution is 2.42. The van der Waals surface area contributed by atoms with E-state index in [1.807, 2.05) is 36.4 Å². The maximum absolute atomic E-state index is 13.0. The van der Waals surface area contributed by atoms with Crippen molar-refractivity contribution < 1.29 is 38.6 Å². The van der Waals surface area contributed by atoms with Crippen molar-refractivity contribution in [1.82, 2.24) is 40.5 Å². The first-order chi connectivity index (χ1) is 34.2. The third kappa shape index (κ3) is 11.9. The van der Waals surface area contributed by atoms with Gasteiger partial charge >= 0.3 is 18.0 Å². The molecule has 0 radical (unpaired) electrons. The zero-order valence-corrected chi connectivity index (χ0v) is 39.6. The molecule has 0 unspecified atom stereocenters. The van der Waals surface area contributed by atoms with E-state index in [0.717, 1.165) is 48.2 Å². The summed E-state index contributed by atoms with van der Waals surface area (Å²) in [6.07, 6.45) is 0.999. The lowest BCUT2D eigenvalue weighted by Crippen LogP contribution is -2.42. The molecule has 21 heteroatoms. The minimum Gasteiger partial charge on any atom is -0.480 e. The van der Waals surface area contributed by atoms with Gasteiger partial charge in [-0.1, -0.05) is 6.07 Å². The van der Waals surface area contributed by atoms with Gasteiger partial charge in [0.2, 0.25) is 17.2 Å². The van der Waals surface area contributed by atoms with Crippen LogP contribution < -0.4 is 52.7 Å². The zero-order valence-electron chi connectivity index (χ0n) is 39.6. The Kier molecular flexibility index (Phi) is 15.8. The Morgan fingerprint density at radius 1 is 0.845 bits per heavy atom. The smallest absolute Gasteiger partial charge is 0.336 e. The number of carbonyl (C=O) groups excluding carboxylic acids is 3. The van der Waals surface area contributed by atoms with E-state index in [4.69, 9.17) is 10.2 Å². The highest BCUT2D eigenvalue weighted by Gasteiger charge is 2.25. The molecule has 0 spiro atoms. The van der Waals surface area contributed by atoms with Gasteiger partial charge in [0.25, 0.3) is 11.5 Å². The fourth-order valence-corrected chi connectivity index (χ4v) is 8.15. The molecule has 4 amide bonds. The molecule has 7 rings (SSSR count). The van der Waals surface area contributed by atoms with Crippen LogP contribution in [0.2, 0.25) is 0 Å². The maximum atomic E-state index is 13.0. The number of nitrogens with zero attached hydrogens (tertiary/aromatic N) is 5. The summed E-state index contributed by atoms with van der Waals surface area (Å²) in [5.74, 6) is -3.17. The van der Waals surface area contributed by atoms with Crippen molar-refractivity contribution in [2.24, 2.45) is 0 Å². The Bertz CT molecular complexity index is 3230. The molecule has 3 aromatic carbocycles. The van der Waals surface area contributed by atoms with Gasteiger partial charge < -0.3 is 51.8 Å². The number of H-pyrrole nitrogens is 1. The number of amides is 4. The van der Waals surface area contributed by atoms with Gasteiger partial charge in [0.05, 0.1) is 30.1 Å². The molecule has 2 aromatic heterocycles. The predicted octanol–water partition coefficient (Wildman–Crippen LogP) is 4.68. The van der Waals surface area contributed by atoms with Gasteiger partial charge in [0.15, 0.2) is 11.2 Å². The highest BCUT2D eigenvalue weighted by molar-refractivity contribution is 6.09. The lowest BCUT2D eigenvalue weighted by molar-refractivity contribution is -0.139. The van der Waals surface area contributed by atoms with Gasteiger partial charge in [-0.2, -0.15) is 4.98 Å². The molecule has 1 aliphatic carbocycles. The van der Waals surface area contributed by atoms with Crippen LogP contribution in [0, 0.1) is 0 Å². The first-order valence-corrected chi connectivity index (χ1v) is 23.1. The third-order valence-corrected chi connectivity index (χ3v) is 11.8. The van der Waals surface area contributed by atoms with Gasteiger partial charge in [-0.25, -0.2) is 28.9 Å². The maximum Gasteiger partial charge on any atom is 0.336 e. The van der Waals surface area contributed by atoms with E-state index >= 15 is 0 Å². The first-order valence-electron chi connectivity index (χ1n) is 23.1. The molecule has 21 nitrogen and oxygen atoms in total. The summed E-state index contributed by atoms with van der Waals surface area (Å²) in [6, 6.07) is 20.7. The molecule has 3 heterocycles. The number of aromatic nitrogens is 4. The third-order valence-electron chi connectivity index (χ3n) is 11.8. The number of carbonyl (C=O) groups is 5. The van der Waals surface area contributed by atoms with Crippen molar-refractivity contribution in [1.29, 1.82) is 0 Å². The van der Waals surface area contributed by atoms with Gasteiger partial charge in [0, 0.05) is 83.9 Å². The van der Waals surface area contributed by atoms with E-state index in [9.17, 15) is 39.0 Å². The minimum absolute atomic E-state index is 0.000708. The van der Waals surface area contributed by atoms with Gasteiger partial charge in [-0.05, 0) is 94.3 Å². The number of anilines is 4. The van der Waals surface area contributed by atoms with Gasteiger partial charge in [-0.3, -0.25) is 19.4 Å². The standard InChI is InChI=1S/C50H54N12O9/c1-5-61(6-2)32-14-17-35-39(24-32)71-40-25-33(62(7-3)8-4)15-18-36(40)42(35)34-16-13-30(23-37(34)47(66)67)57-50(70)53-22-21-52-41(63)20-19-38(48(68)69)58-45(64)28-9-11-29(12-10-28)54-26-31-27-55-44-43(56-31)46(65)60-49(51)59-44/h9-18,23-25,27,38H,5-8,19-22,26H2,1-4H3,(H9,51,52,53,54,55,58,59,60,63,64,65,66,67,68,69,70)/p+1/t38-/m0/s1. The number of carboxylic acids is 2. The Balaban J connectivity index is 0.924. The fourth-order valence-electron chi connectivity index (χ4n) is 8.15. The van der Waals surface area contributed by atoms with Crippen molar-refractivity contribution >= 4 is 74.9 Å². The first kappa shape index (κ1) is 50.0. The van der Waals surface area contributed by atoms with Crippen LogP contribution in [-0.4, -0.2) is 105 Å². The number of nitrogen functional groups attached to an aromatic ring is 1. The second-order valence-corrected chi connectivity index (χ2v) is 16.3. The molecule has 0 saturated carbocycles. The topological polar surface area (TPSA) is 303 Å². The molecule has 368 valence electrons. The van der Waals surface area contributed by atoms with Crippen LogP contribution in [-0.2, 0) is 16.1 Å². The van der Waals surface area contributed by atoms with Crippen LogP contribution in [0.25, 0.3) is 44.6 Å². The minimum atomic E-state index is -1.37. The van der Waals surface area contributed by atoms with Crippen LogP contribution >= 0.6 is 0 Å². The fraction of sp³-hybridized carbons (Fsp3) is 0.280. The Labute approximate surface area is 406 Å². The second-order valence-electron chi connectivity index (χ2n) is 16.3. The van der Waals surface area contributed by atoms with Crippen molar-refractivity contribution in [2.45, 2.75) is 53.1 Å². The number of hydrogen-bond acceptors (Lipinski definition) is 13. The highest BCUT2D eigenvalue weighted by atomic mass is 16.4. The van der Waals surface area contributed by atoms with Gasteiger partial charge in [0.1, 0.15) is 30.5 Å². The van der Waals surface area contributed by atoms with E-state index in [2.05, 4.69) is 83.7 Å². The summed E-state index contributed by atoms with van der Waals surface area (Å²) >= 11 is 0. The van der Waals surface area contributed by atoms with E-state index < -0.39 is 41.4 Å². The summed E-state index contributed by atoms with van der Waals surface area (Å²) in [5, 5.41) is 35.5. The number of nitrogens with two attached hydrogens (primary N) is 1. The number of aromatic amines is 1. The van der Waals surface area contributed by atoms with Crippen molar-refractivity contribution in [3.63, 3.8) is 0 Å². The summed E-state index contributed by atoms with van der Waals surface area (Å²) in [7, 11) is 0. The van der Waals surface area contributed by atoms with E-state index in [1.165, 1.54) is 24.4 Å². The molecule has 71 heavy (non-hydrogen) atoms. The molecule has 1 aliphatic heterocycles. The van der Waals surface area contributed by atoms with Crippen LogP contribution in [0.3, 0.4) is 0 Å². The number of carboxylic acid groups (broad SMARTS) is 2. The molecular formula is C50H55N12O9+. The summed E-state index contributed by atoms with van der Waals surface area (Å²) in [4.78, 5) is 92.6. The Morgan fingerprint density at radius 2 is 1.56 bits per heavy atom. The Hall–Kier alpha value is -8.88. The number of rotatable bonds is 20. The van der Waals surface area contributed by atoms with Crippen LogP contribution in [0.4, 0.5) is 27.8 Å². The molecule has 0 fully saturated rings. The molecule has 10 N–H and O–H groups in total. The predicted molar refractivity (Wildman–Crippen MR) is 269 cm³/mol. The molecule has 5 aromatic rings. The van der Waals surface area contributed by atoms with E-state index in [0.29, 0.717) is 33.9 Å². The number of hydrogen-bond donors (Lipinski definition) is 9. The van der Waals surface area contributed by atoms with Crippen LogP contribution in [0.5, 0.6) is 0 Å². The average Bonchev–Trinajstić information content (AvgIpc) is 3.36. The second kappa shape index (κ2) is 22.5. The number of aliphatic carboxylic acids is 1. The molecular weight excluding hydrogens is 913 g/mol. The normalized spacial score (nSPS) is 11.5. The number of urea groups is 1. The van der Waals surface area contributed by atoms with Crippen molar-refractivity contribution in [3.8, 4) is 22.5 Å². The molecule has 0 bridgehead atoms. The Morgan fingerprint density at radius 3 is 2.27 bits per heavy atom.